The molecule has 0 spiro atoms. The molecule has 1 aromatic carbocycles. The summed E-state index contributed by atoms with van der Waals surface area (Å²) in [5.41, 5.74) is 1.19. The Kier molecular flexibility index (Phi) is 2.69. The van der Waals surface area contributed by atoms with Gasteiger partial charge in [-0.25, -0.2) is 4.99 Å². The van der Waals surface area contributed by atoms with E-state index in [-0.39, 0.29) is 12.1 Å². The van der Waals surface area contributed by atoms with Crippen molar-refractivity contribution in [3.8, 4) is 0 Å². The van der Waals surface area contributed by atoms with Crippen LogP contribution in [-0.4, -0.2) is 11.9 Å². The maximum Gasteiger partial charge on any atom is 0.227 e. The maximum atomic E-state index is 5.96. The van der Waals surface area contributed by atoms with Crippen molar-refractivity contribution in [3.05, 3.63) is 58.3 Å². The van der Waals surface area contributed by atoms with Gasteiger partial charge in [-0.05, 0) is 23.9 Å². The van der Waals surface area contributed by atoms with Crippen molar-refractivity contribution in [2.75, 3.05) is 0 Å². The number of hydrogen-bond donors (Lipinski definition) is 0. The highest BCUT2D eigenvalue weighted by atomic mass is 32.1. The van der Waals surface area contributed by atoms with Crippen LogP contribution in [0, 0.1) is 0 Å². The summed E-state index contributed by atoms with van der Waals surface area (Å²) in [6.45, 7) is 2.10. The SMILES string of the molecule is C[C@@H]1N=C(c2cccs2)O[C@H]1c1ccccc1. The first-order valence-electron chi connectivity index (χ1n) is 5.68. The quantitative estimate of drug-likeness (QED) is 0.789. The van der Waals surface area contributed by atoms with Crippen LogP contribution in [0.2, 0.25) is 0 Å². The van der Waals surface area contributed by atoms with Gasteiger partial charge in [0.25, 0.3) is 0 Å². The van der Waals surface area contributed by atoms with Crippen molar-refractivity contribution in [2.45, 2.75) is 19.1 Å². The predicted molar refractivity (Wildman–Crippen MR) is 70.6 cm³/mol. The molecule has 0 N–H and O–H groups in total. The Morgan fingerprint density at radius 1 is 1.12 bits per heavy atom. The summed E-state index contributed by atoms with van der Waals surface area (Å²) in [7, 11) is 0. The van der Waals surface area contributed by atoms with Gasteiger partial charge in [-0.15, -0.1) is 11.3 Å². The van der Waals surface area contributed by atoms with E-state index < -0.39 is 0 Å². The van der Waals surface area contributed by atoms with Crippen molar-refractivity contribution in [1.29, 1.82) is 0 Å². The zero-order valence-corrected chi connectivity index (χ0v) is 10.4. The van der Waals surface area contributed by atoms with E-state index in [1.807, 2.05) is 35.7 Å². The van der Waals surface area contributed by atoms with Crippen LogP contribution in [0.15, 0.2) is 52.8 Å². The molecule has 0 radical (unpaired) electrons. The average molecular weight is 243 g/mol. The first-order chi connectivity index (χ1) is 8.34. The van der Waals surface area contributed by atoms with E-state index in [0.717, 1.165) is 10.8 Å². The lowest BCUT2D eigenvalue weighted by Crippen LogP contribution is -2.10. The van der Waals surface area contributed by atoms with Gasteiger partial charge in [0.05, 0.1) is 10.9 Å². The van der Waals surface area contributed by atoms with Gasteiger partial charge in [-0.3, -0.25) is 0 Å². The second-order valence-corrected chi connectivity index (χ2v) is 5.05. The number of hydrogen-bond acceptors (Lipinski definition) is 3. The highest BCUT2D eigenvalue weighted by Crippen LogP contribution is 2.31. The van der Waals surface area contributed by atoms with Gasteiger partial charge in [-0.1, -0.05) is 36.4 Å². The van der Waals surface area contributed by atoms with Gasteiger partial charge in [0.15, 0.2) is 0 Å². The van der Waals surface area contributed by atoms with Crippen LogP contribution in [0.3, 0.4) is 0 Å². The molecule has 2 heterocycles. The van der Waals surface area contributed by atoms with E-state index in [0.29, 0.717) is 0 Å². The Morgan fingerprint density at radius 3 is 2.65 bits per heavy atom. The summed E-state index contributed by atoms with van der Waals surface area (Å²) >= 11 is 1.66. The van der Waals surface area contributed by atoms with E-state index in [1.54, 1.807) is 11.3 Å². The molecule has 1 aliphatic rings. The lowest BCUT2D eigenvalue weighted by Gasteiger charge is -2.14. The Balaban J connectivity index is 1.85. The van der Waals surface area contributed by atoms with E-state index in [9.17, 15) is 0 Å². The van der Waals surface area contributed by atoms with Crippen LogP contribution in [0.5, 0.6) is 0 Å². The molecule has 3 rings (SSSR count). The molecule has 0 saturated heterocycles. The number of rotatable bonds is 2. The van der Waals surface area contributed by atoms with Crippen molar-refractivity contribution in [3.63, 3.8) is 0 Å². The van der Waals surface area contributed by atoms with Crippen LogP contribution >= 0.6 is 11.3 Å². The summed E-state index contributed by atoms with van der Waals surface area (Å²) in [5, 5.41) is 2.04. The van der Waals surface area contributed by atoms with Crippen LogP contribution in [0.1, 0.15) is 23.5 Å². The molecule has 0 unspecified atom stereocenters. The smallest absolute Gasteiger partial charge is 0.227 e. The second kappa shape index (κ2) is 4.34. The first-order valence-corrected chi connectivity index (χ1v) is 6.56. The fraction of sp³-hybridized carbons (Fsp3) is 0.214. The topological polar surface area (TPSA) is 21.6 Å². The van der Waals surface area contributed by atoms with E-state index >= 15 is 0 Å². The van der Waals surface area contributed by atoms with E-state index in [2.05, 4.69) is 24.0 Å². The molecule has 0 bridgehead atoms. The Bertz CT molecular complexity index is 518. The number of aliphatic imine (C=N–C) groups is 1. The normalized spacial score (nSPS) is 23.2. The fourth-order valence-corrected chi connectivity index (χ4v) is 2.68. The number of thiophene rings is 1. The molecule has 1 aliphatic heterocycles. The number of benzene rings is 1. The van der Waals surface area contributed by atoms with Gasteiger partial charge in [-0.2, -0.15) is 0 Å². The zero-order chi connectivity index (χ0) is 11.7. The molecule has 0 amide bonds. The third-order valence-electron chi connectivity index (χ3n) is 2.86. The molecular formula is C14H13NOS. The first kappa shape index (κ1) is 10.5. The fourth-order valence-electron chi connectivity index (χ4n) is 2.01. The molecule has 17 heavy (non-hydrogen) atoms. The van der Waals surface area contributed by atoms with Gasteiger partial charge >= 0.3 is 0 Å². The molecule has 0 fully saturated rings. The third kappa shape index (κ3) is 1.98. The Morgan fingerprint density at radius 2 is 1.94 bits per heavy atom. The summed E-state index contributed by atoms with van der Waals surface area (Å²) in [4.78, 5) is 5.70. The summed E-state index contributed by atoms with van der Waals surface area (Å²) in [6.07, 6.45) is 0.0494. The molecule has 86 valence electrons. The van der Waals surface area contributed by atoms with Crippen molar-refractivity contribution >= 4 is 17.2 Å². The lowest BCUT2D eigenvalue weighted by atomic mass is 10.0. The number of nitrogens with zero attached hydrogens (tertiary/aromatic N) is 1. The Hall–Kier alpha value is -1.61. The van der Waals surface area contributed by atoms with Crippen molar-refractivity contribution in [1.82, 2.24) is 0 Å². The largest absolute Gasteiger partial charge is 0.466 e. The highest BCUT2D eigenvalue weighted by Gasteiger charge is 2.29. The molecule has 0 saturated carbocycles. The monoisotopic (exact) mass is 243 g/mol. The molecular weight excluding hydrogens is 230 g/mol. The minimum absolute atomic E-state index is 0.0494. The molecule has 2 nitrogen and oxygen atoms in total. The van der Waals surface area contributed by atoms with Crippen LogP contribution in [0.4, 0.5) is 0 Å². The van der Waals surface area contributed by atoms with Crippen molar-refractivity contribution in [2.24, 2.45) is 4.99 Å². The van der Waals surface area contributed by atoms with E-state index in [4.69, 9.17) is 4.74 Å². The van der Waals surface area contributed by atoms with Gasteiger partial charge in [0.2, 0.25) is 5.90 Å². The highest BCUT2D eigenvalue weighted by molar-refractivity contribution is 7.12. The minimum atomic E-state index is 0.0494. The average Bonchev–Trinajstić information content (AvgIpc) is 2.99. The van der Waals surface area contributed by atoms with Crippen LogP contribution < -0.4 is 0 Å². The van der Waals surface area contributed by atoms with Crippen LogP contribution in [-0.2, 0) is 4.74 Å². The van der Waals surface area contributed by atoms with Gasteiger partial charge < -0.3 is 4.74 Å². The molecule has 2 atom stereocenters. The summed E-state index contributed by atoms with van der Waals surface area (Å²) < 4.78 is 5.96. The maximum absolute atomic E-state index is 5.96. The van der Waals surface area contributed by atoms with Crippen molar-refractivity contribution < 1.29 is 4.74 Å². The predicted octanol–water partition coefficient (Wildman–Crippen LogP) is 3.65. The molecule has 1 aromatic heterocycles. The zero-order valence-electron chi connectivity index (χ0n) is 9.54. The second-order valence-electron chi connectivity index (χ2n) is 4.10. The molecule has 3 heteroatoms. The molecule has 2 aromatic rings. The van der Waals surface area contributed by atoms with E-state index in [1.165, 1.54) is 5.56 Å². The third-order valence-corrected chi connectivity index (χ3v) is 3.72. The molecule has 0 aliphatic carbocycles. The summed E-state index contributed by atoms with van der Waals surface area (Å²) in [5.74, 6) is 0.779. The van der Waals surface area contributed by atoms with Crippen LogP contribution in [0.25, 0.3) is 0 Å². The van der Waals surface area contributed by atoms with Gasteiger partial charge in [0, 0.05) is 0 Å². The standard InChI is InChI=1S/C14H13NOS/c1-10-13(11-6-3-2-4-7-11)16-14(15-10)12-8-5-9-17-12/h2-10,13H,1H3/t10-,13+/m0/s1. The summed E-state index contributed by atoms with van der Waals surface area (Å²) in [6, 6.07) is 14.5. The minimum Gasteiger partial charge on any atom is -0.466 e. The van der Waals surface area contributed by atoms with Gasteiger partial charge in [0.1, 0.15) is 6.10 Å². The lowest BCUT2D eigenvalue weighted by molar-refractivity contribution is 0.203. The Labute approximate surface area is 105 Å². The number of ether oxygens (including phenoxy) is 1.